The fraction of sp³-hybridized carbons (Fsp3) is 0.533. The maximum atomic E-state index is 12.2. The van der Waals surface area contributed by atoms with E-state index >= 15 is 0 Å². The predicted molar refractivity (Wildman–Crippen MR) is 85.3 cm³/mol. The molecular weight excluding hydrogens is 311 g/mol. The van der Waals surface area contributed by atoms with Crippen molar-refractivity contribution in [1.29, 1.82) is 0 Å². The Morgan fingerprint density at radius 3 is 2.86 bits per heavy atom. The first-order valence-corrected chi connectivity index (χ1v) is 8.05. The van der Waals surface area contributed by atoms with Crippen LogP contribution in [0.4, 0.5) is 0 Å². The zero-order chi connectivity index (χ0) is 15.1. The molecule has 1 fully saturated rings. The van der Waals surface area contributed by atoms with Crippen LogP contribution in [0.3, 0.4) is 0 Å². The van der Waals surface area contributed by atoms with Gasteiger partial charge >= 0.3 is 0 Å². The van der Waals surface area contributed by atoms with E-state index in [9.17, 15) is 4.79 Å². The van der Waals surface area contributed by atoms with E-state index in [0.717, 1.165) is 39.1 Å². The van der Waals surface area contributed by atoms with Crippen LogP contribution < -0.4 is 4.74 Å². The third kappa shape index (κ3) is 5.38. The van der Waals surface area contributed by atoms with Crippen molar-refractivity contribution >= 4 is 29.1 Å². The molecule has 0 saturated carbocycles. The summed E-state index contributed by atoms with van der Waals surface area (Å²) < 4.78 is 5.51. The molecule has 2 rings (SSSR count). The first-order valence-electron chi connectivity index (χ1n) is 7.13. The minimum atomic E-state index is 0.0164. The van der Waals surface area contributed by atoms with E-state index in [1.54, 1.807) is 24.3 Å². The quantitative estimate of drug-likeness (QED) is 0.777. The largest absolute Gasteiger partial charge is 0.484 e. The van der Waals surface area contributed by atoms with Gasteiger partial charge in [0.25, 0.3) is 5.91 Å². The van der Waals surface area contributed by atoms with Crippen LogP contribution >= 0.6 is 23.2 Å². The summed E-state index contributed by atoms with van der Waals surface area (Å²) in [6, 6.07) is 7.08. The lowest BCUT2D eigenvalue weighted by molar-refractivity contribution is -0.133. The van der Waals surface area contributed by atoms with Gasteiger partial charge in [-0.15, -0.1) is 11.6 Å². The van der Waals surface area contributed by atoms with Gasteiger partial charge in [-0.2, -0.15) is 0 Å². The maximum absolute atomic E-state index is 12.2. The second-order valence-corrected chi connectivity index (χ2v) is 5.83. The lowest BCUT2D eigenvalue weighted by Gasteiger charge is -2.21. The first-order chi connectivity index (χ1) is 10.2. The Bertz CT molecular complexity index is 471. The number of carbonyl (C=O) groups is 1. The highest BCUT2D eigenvalue weighted by molar-refractivity contribution is 6.30. The summed E-state index contributed by atoms with van der Waals surface area (Å²) in [5.74, 6) is 1.27. The molecule has 0 aromatic heterocycles. The van der Waals surface area contributed by atoms with Crippen molar-refractivity contribution in [3.05, 3.63) is 29.3 Å². The molecule has 1 aromatic carbocycles. The lowest BCUT2D eigenvalue weighted by Crippen LogP contribution is -2.38. The molecule has 0 radical (unpaired) electrons. The SMILES string of the molecule is O=C(COc1cccc(Cl)c1)N1CCCN(CCCl)CC1. The van der Waals surface area contributed by atoms with E-state index in [-0.39, 0.29) is 12.5 Å². The molecule has 1 heterocycles. The van der Waals surface area contributed by atoms with Crippen LogP contribution in [0, 0.1) is 0 Å². The van der Waals surface area contributed by atoms with Crippen LogP contribution in [0.2, 0.25) is 5.02 Å². The summed E-state index contributed by atoms with van der Waals surface area (Å²) in [6.07, 6.45) is 0.972. The minimum Gasteiger partial charge on any atom is -0.484 e. The van der Waals surface area contributed by atoms with E-state index < -0.39 is 0 Å². The van der Waals surface area contributed by atoms with E-state index in [4.69, 9.17) is 27.9 Å². The summed E-state index contributed by atoms with van der Waals surface area (Å²) in [7, 11) is 0. The lowest BCUT2D eigenvalue weighted by atomic mass is 10.3. The van der Waals surface area contributed by atoms with Gasteiger partial charge in [-0.05, 0) is 31.2 Å². The van der Waals surface area contributed by atoms with Gasteiger partial charge in [-0.25, -0.2) is 0 Å². The van der Waals surface area contributed by atoms with Crippen molar-refractivity contribution in [3.8, 4) is 5.75 Å². The number of hydrogen-bond donors (Lipinski definition) is 0. The number of ether oxygens (including phenoxy) is 1. The number of carbonyl (C=O) groups excluding carboxylic acids is 1. The van der Waals surface area contributed by atoms with E-state index in [2.05, 4.69) is 4.90 Å². The number of amides is 1. The number of nitrogens with zero attached hydrogens (tertiary/aromatic N) is 2. The number of rotatable bonds is 5. The summed E-state index contributed by atoms with van der Waals surface area (Å²) in [5.41, 5.74) is 0. The van der Waals surface area contributed by atoms with Gasteiger partial charge in [0.15, 0.2) is 6.61 Å². The summed E-state index contributed by atoms with van der Waals surface area (Å²) in [6.45, 7) is 4.30. The molecule has 1 saturated heterocycles. The molecule has 1 aromatic rings. The number of hydrogen-bond acceptors (Lipinski definition) is 3. The van der Waals surface area contributed by atoms with Gasteiger partial charge in [-0.1, -0.05) is 17.7 Å². The van der Waals surface area contributed by atoms with Crippen LogP contribution in [-0.4, -0.2) is 60.9 Å². The van der Waals surface area contributed by atoms with Crippen molar-refractivity contribution in [2.75, 3.05) is 45.2 Å². The van der Waals surface area contributed by atoms with Crippen molar-refractivity contribution in [3.63, 3.8) is 0 Å². The Balaban J connectivity index is 1.80. The maximum Gasteiger partial charge on any atom is 0.260 e. The second-order valence-electron chi connectivity index (χ2n) is 5.01. The zero-order valence-electron chi connectivity index (χ0n) is 11.9. The molecule has 1 aliphatic rings. The number of benzene rings is 1. The molecule has 1 aliphatic heterocycles. The average molecular weight is 331 g/mol. The highest BCUT2D eigenvalue weighted by Gasteiger charge is 2.19. The number of alkyl halides is 1. The standard InChI is InChI=1S/C15H20Cl2N2O2/c16-5-8-18-6-2-7-19(10-9-18)15(20)12-21-14-4-1-3-13(17)11-14/h1,3-4,11H,2,5-10,12H2. The Hall–Kier alpha value is -0.970. The topological polar surface area (TPSA) is 32.8 Å². The summed E-state index contributed by atoms with van der Waals surface area (Å²) in [4.78, 5) is 16.3. The Morgan fingerprint density at radius 2 is 2.10 bits per heavy atom. The monoisotopic (exact) mass is 330 g/mol. The fourth-order valence-corrected chi connectivity index (χ4v) is 2.78. The van der Waals surface area contributed by atoms with Crippen LogP contribution in [0.5, 0.6) is 5.75 Å². The molecule has 116 valence electrons. The van der Waals surface area contributed by atoms with Crippen LogP contribution in [0.1, 0.15) is 6.42 Å². The van der Waals surface area contributed by atoms with E-state index in [1.807, 2.05) is 4.90 Å². The first kappa shape index (κ1) is 16.4. The smallest absolute Gasteiger partial charge is 0.260 e. The zero-order valence-corrected chi connectivity index (χ0v) is 13.4. The van der Waals surface area contributed by atoms with Gasteiger partial charge in [0.05, 0.1) is 0 Å². The highest BCUT2D eigenvalue weighted by atomic mass is 35.5. The highest BCUT2D eigenvalue weighted by Crippen LogP contribution is 2.17. The predicted octanol–water partition coefficient (Wildman–Crippen LogP) is 2.49. The molecule has 21 heavy (non-hydrogen) atoms. The average Bonchev–Trinajstić information content (AvgIpc) is 2.71. The van der Waals surface area contributed by atoms with Gasteiger partial charge < -0.3 is 14.5 Å². The van der Waals surface area contributed by atoms with Gasteiger partial charge in [0.1, 0.15) is 5.75 Å². The molecule has 4 nitrogen and oxygen atoms in total. The summed E-state index contributed by atoms with van der Waals surface area (Å²) in [5, 5.41) is 0.603. The Morgan fingerprint density at radius 1 is 1.24 bits per heavy atom. The molecule has 0 aliphatic carbocycles. The van der Waals surface area contributed by atoms with Gasteiger partial charge in [0.2, 0.25) is 0 Å². The molecule has 0 atom stereocenters. The molecule has 6 heteroatoms. The molecule has 0 unspecified atom stereocenters. The van der Waals surface area contributed by atoms with Crippen LogP contribution in [0.25, 0.3) is 0 Å². The normalized spacial score (nSPS) is 16.6. The molecule has 0 spiro atoms. The Labute approximate surface area is 135 Å². The van der Waals surface area contributed by atoms with Gasteiger partial charge in [0, 0.05) is 37.1 Å². The minimum absolute atomic E-state index is 0.0164. The molecular formula is C15H20Cl2N2O2. The molecule has 0 bridgehead atoms. The fourth-order valence-electron chi connectivity index (χ4n) is 2.36. The van der Waals surface area contributed by atoms with E-state index in [1.165, 1.54) is 0 Å². The number of halogens is 2. The van der Waals surface area contributed by atoms with Crippen LogP contribution in [0.15, 0.2) is 24.3 Å². The van der Waals surface area contributed by atoms with Crippen molar-refractivity contribution in [2.45, 2.75) is 6.42 Å². The Kier molecular flexibility index (Phi) is 6.61. The van der Waals surface area contributed by atoms with Crippen molar-refractivity contribution in [1.82, 2.24) is 9.80 Å². The summed E-state index contributed by atoms with van der Waals surface area (Å²) >= 11 is 11.6. The van der Waals surface area contributed by atoms with Gasteiger partial charge in [-0.3, -0.25) is 4.79 Å². The van der Waals surface area contributed by atoms with Crippen molar-refractivity contribution in [2.24, 2.45) is 0 Å². The second kappa shape index (κ2) is 8.47. The third-order valence-electron chi connectivity index (χ3n) is 3.50. The molecule has 0 N–H and O–H groups in total. The van der Waals surface area contributed by atoms with E-state index in [0.29, 0.717) is 16.7 Å². The molecule has 1 amide bonds. The van der Waals surface area contributed by atoms with Crippen LogP contribution in [-0.2, 0) is 4.79 Å². The van der Waals surface area contributed by atoms with Crippen molar-refractivity contribution < 1.29 is 9.53 Å². The third-order valence-corrected chi connectivity index (χ3v) is 3.90.